The summed E-state index contributed by atoms with van der Waals surface area (Å²) in [5.41, 5.74) is 1.92. The number of amides is 1. The number of hydrogen-bond acceptors (Lipinski definition) is 5. The molecule has 1 unspecified atom stereocenters. The first-order valence-corrected chi connectivity index (χ1v) is 10.2. The summed E-state index contributed by atoms with van der Waals surface area (Å²) >= 11 is 0. The molecule has 3 rings (SSSR count). The molecule has 1 atom stereocenters. The summed E-state index contributed by atoms with van der Waals surface area (Å²) in [4.78, 5) is 16.7. The van der Waals surface area contributed by atoms with Gasteiger partial charge in [0.25, 0.3) is 5.91 Å². The molecular weight excluding hydrogens is 437 g/mol. The Morgan fingerprint density at radius 2 is 1.70 bits per heavy atom. The summed E-state index contributed by atoms with van der Waals surface area (Å²) in [7, 11) is 0. The fraction of sp³-hybridized carbons (Fsp3) is 0.250. The molecule has 1 amide bonds. The highest BCUT2D eigenvalue weighted by atomic mass is 19.4. The second-order valence-corrected chi connectivity index (χ2v) is 7.05. The maximum absolute atomic E-state index is 12.7. The zero-order valence-corrected chi connectivity index (χ0v) is 18.1. The average Bonchev–Trinajstić information content (AvgIpc) is 2.78. The molecular formula is C24H23F3N2O4. The summed E-state index contributed by atoms with van der Waals surface area (Å²) < 4.78 is 52.3. The van der Waals surface area contributed by atoms with Crippen LogP contribution in [-0.2, 0) is 6.61 Å². The summed E-state index contributed by atoms with van der Waals surface area (Å²) in [5, 5.41) is 2.82. The van der Waals surface area contributed by atoms with Gasteiger partial charge >= 0.3 is 6.36 Å². The first kappa shape index (κ1) is 23.9. The van der Waals surface area contributed by atoms with E-state index in [2.05, 4.69) is 15.0 Å². The minimum atomic E-state index is -4.76. The van der Waals surface area contributed by atoms with Crippen molar-refractivity contribution in [2.45, 2.75) is 32.9 Å². The van der Waals surface area contributed by atoms with Gasteiger partial charge in [0, 0.05) is 18.0 Å². The van der Waals surface area contributed by atoms with E-state index in [1.54, 1.807) is 37.5 Å². The molecule has 0 saturated carbocycles. The molecule has 0 saturated heterocycles. The van der Waals surface area contributed by atoms with Crippen LogP contribution in [-0.4, -0.2) is 23.9 Å². The molecule has 6 nitrogen and oxygen atoms in total. The van der Waals surface area contributed by atoms with Gasteiger partial charge in [0.05, 0.1) is 12.6 Å². The van der Waals surface area contributed by atoms with Crippen LogP contribution in [0.1, 0.15) is 41.4 Å². The van der Waals surface area contributed by atoms with Gasteiger partial charge in [-0.2, -0.15) is 0 Å². The van der Waals surface area contributed by atoms with E-state index in [0.29, 0.717) is 35.8 Å². The van der Waals surface area contributed by atoms with E-state index >= 15 is 0 Å². The zero-order valence-electron chi connectivity index (χ0n) is 18.1. The number of carbonyl (C=O) groups excluding carboxylic acids is 1. The second kappa shape index (κ2) is 10.7. The number of rotatable bonds is 9. The quantitative estimate of drug-likeness (QED) is 0.460. The molecule has 33 heavy (non-hydrogen) atoms. The van der Waals surface area contributed by atoms with Crippen molar-refractivity contribution < 1.29 is 32.2 Å². The fourth-order valence-corrected chi connectivity index (χ4v) is 3.00. The maximum Gasteiger partial charge on any atom is 0.573 e. The van der Waals surface area contributed by atoms with E-state index in [4.69, 9.17) is 9.47 Å². The summed E-state index contributed by atoms with van der Waals surface area (Å²) in [6.45, 7) is 4.26. The van der Waals surface area contributed by atoms with Crippen LogP contribution in [0.4, 0.5) is 13.2 Å². The van der Waals surface area contributed by atoms with Crippen molar-refractivity contribution in [3.8, 4) is 17.2 Å². The molecule has 0 aliphatic carbocycles. The highest BCUT2D eigenvalue weighted by molar-refractivity contribution is 5.95. The standard InChI is InChI=1S/C24H23F3N2O4/c1-3-31-22-14-19(6-9-21(22)32-15-17-10-12-28-13-11-17)23(30)29-16(2)18-4-7-20(8-5-18)33-24(25,26)27/h4-14,16H,3,15H2,1-2H3,(H,29,30). The molecule has 1 heterocycles. The Morgan fingerprint density at radius 3 is 2.33 bits per heavy atom. The van der Waals surface area contributed by atoms with Crippen LogP contribution in [0.3, 0.4) is 0 Å². The van der Waals surface area contributed by atoms with Crippen LogP contribution < -0.4 is 19.5 Å². The van der Waals surface area contributed by atoms with Gasteiger partial charge in [0.2, 0.25) is 0 Å². The predicted molar refractivity (Wildman–Crippen MR) is 115 cm³/mol. The van der Waals surface area contributed by atoms with Gasteiger partial charge in [-0.05, 0) is 67.4 Å². The number of carbonyl (C=O) groups is 1. The lowest BCUT2D eigenvalue weighted by atomic mass is 10.1. The van der Waals surface area contributed by atoms with Gasteiger partial charge in [-0.15, -0.1) is 13.2 Å². The van der Waals surface area contributed by atoms with E-state index in [1.165, 1.54) is 24.3 Å². The van der Waals surface area contributed by atoms with E-state index in [0.717, 1.165) is 5.56 Å². The summed E-state index contributed by atoms with van der Waals surface area (Å²) in [6.07, 6.45) is -1.41. The van der Waals surface area contributed by atoms with Crippen molar-refractivity contribution in [3.05, 3.63) is 83.7 Å². The van der Waals surface area contributed by atoms with Gasteiger partial charge in [0.15, 0.2) is 11.5 Å². The van der Waals surface area contributed by atoms with Crippen molar-refractivity contribution in [2.75, 3.05) is 6.61 Å². The van der Waals surface area contributed by atoms with E-state index in [1.807, 2.05) is 19.1 Å². The Bertz CT molecular complexity index is 1060. The molecule has 0 aliphatic heterocycles. The van der Waals surface area contributed by atoms with Crippen molar-refractivity contribution in [1.29, 1.82) is 0 Å². The summed E-state index contributed by atoms with van der Waals surface area (Å²) in [5.74, 6) is 0.243. The number of aromatic nitrogens is 1. The largest absolute Gasteiger partial charge is 0.573 e. The number of hydrogen-bond donors (Lipinski definition) is 1. The Morgan fingerprint density at radius 1 is 1.00 bits per heavy atom. The zero-order chi connectivity index (χ0) is 23.8. The topological polar surface area (TPSA) is 69.7 Å². The Labute approximate surface area is 189 Å². The van der Waals surface area contributed by atoms with Crippen LogP contribution in [0.25, 0.3) is 0 Å². The monoisotopic (exact) mass is 460 g/mol. The minimum Gasteiger partial charge on any atom is -0.490 e. The lowest BCUT2D eigenvalue weighted by Gasteiger charge is -2.17. The van der Waals surface area contributed by atoms with Crippen molar-refractivity contribution >= 4 is 5.91 Å². The summed E-state index contributed by atoms with van der Waals surface area (Å²) in [6, 6.07) is 13.4. The highest BCUT2D eigenvalue weighted by Gasteiger charge is 2.31. The maximum atomic E-state index is 12.7. The molecule has 1 N–H and O–H groups in total. The number of nitrogens with zero attached hydrogens (tertiary/aromatic N) is 1. The average molecular weight is 460 g/mol. The number of halogens is 3. The lowest BCUT2D eigenvalue weighted by Crippen LogP contribution is -2.26. The van der Waals surface area contributed by atoms with Gasteiger partial charge in [-0.3, -0.25) is 9.78 Å². The third-order valence-electron chi connectivity index (χ3n) is 4.61. The normalized spacial score (nSPS) is 12.0. The Balaban J connectivity index is 1.66. The Hall–Kier alpha value is -3.75. The number of pyridine rings is 1. The van der Waals surface area contributed by atoms with Gasteiger partial charge in [-0.25, -0.2) is 0 Å². The van der Waals surface area contributed by atoms with Gasteiger partial charge in [-0.1, -0.05) is 12.1 Å². The number of alkyl halides is 3. The molecule has 0 radical (unpaired) electrons. The van der Waals surface area contributed by atoms with Crippen LogP contribution in [0.5, 0.6) is 17.2 Å². The number of ether oxygens (including phenoxy) is 3. The van der Waals surface area contributed by atoms with Gasteiger partial charge < -0.3 is 19.5 Å². The SMILES string of the molecule is CCOc1cc(C(=O)NC(C)c2ccc(OC(F)(F)F)cc2)ccc1OCc1ccncc1. The molecule has 1 aromatic heterocycles. The van der Waals surface area contributed by atoms with Crippen LogP contribution in [0.2, 0.25) is 0 Å². The van der Waals surface area contributed by atoms with Crippen LogP contribution in [0.15, 0.2) is 67.0 Å². The smallest absolute Gasteiger partial charge is 0.490 e. The number of nitrogens with one attached hydrogen (secondary N) is 1. The molecule has 0 bridgehead atoms. The van der Waals surface area contributed by atoms with E-state index in [-0.39, 0.29) is 11.7 Å². The number of benzene rings is 2. The molecule has 2 aromatic carbocycles. The predicted octanol–water partition coefficient (Wildman–Crippen LogP) is 5.45. The lowest BCUT2D eigenvalue weighted by molar-refractivity contribution is -0.274. The third kappa shape index (κ3) is 7.13. The van der Waals surface area contributed by atoms with Crippen molar-refractivity contribution in [1.82, 2.24) is 10.3 Å². The van der Waals surface area contributed by atoms with Crippen LogP contribution in [0, 0.1) is 0 Å². The first-order chi connectivity index (χ1) is 15.7. The minimum absolute atomic E-state index is 0.319. The third-order valence-corrected chi connectivity index (χ3v) is 4.61. The molecule has 9 heteroatoms. The Kier molecular flexibility index (Phi) is 7.76. The molecule has 174 valence electrons. The van der Waals surface area contributed by atoms with Crippen LogP contribution >= 0.6 is 0 Å². The fourth-order valence-electron chi connectivity index (χ4n) is 3.00. The van der Waals surface area contributed by atoms with Crippen molar-refractivity contribution in [2.24, 2.45) is 0 Å². The molecule has 0 aliphatic rings. The molecule has 3 aromatic rings. The van der Waals surface area contributed by atoms with E-state index in [9.17, 15) is 18.0 Å². The van der Waals surface area contributed by atoms with Gasteiger partial charge in [0.1, 0.15) is 12.4 Å². The second-order valence-electron chi connectivity index (χ2n) is 7.05. The first-order valence-electron chi connectivity index (χ1n) is 10.2. The molecule has 0 fully saturated rings. The molecule has 0 spiro atoms. The highest BCUT2D eigenvalue weighted by Crippen LogP contribution is 2.30. The van der Waals surface area contributed by atoms with Crippen molar-refractivity contribution in [3.63, 3.8) is 0 Å². The van der Waals surface area contributed by atoms with E-state index < -0.39 is 12.4 Å².